The van der Waals surface area contributed by atoms with Crippen molar-refractivity contribution in [2.45, 2.75) is 57.0 Å². The lowest BCUT2D eigenvalue weighted by Crippen LogP contribution is -2.58. The SMILES string of the molecule is CC(C)c1ccc(S(=O)(=O)N2CC(C)N(CCCN(C)C)C(C)C2)cc1. The second-order valence-corrected chi connectivity index (χ2v) is 10.1. The molecular formula is C20H35N3O2S. The monoisotopic (exact) mass is 381 g/mol. The minimum atomic E-state index is -3.43. The Labute approximate surface area is 160 Å². The molecule has 0 spiro atoms. The van der Waals surface area contributed by atoms with Crippen molar-refractivity contribution < 1.29 is 8.42 Å². The maximum atomic E-state index is 13.1. The lowest BCUT2D eigenvalue weighted by Gasteiger charge is -2.44. The maximum absolute atomic E-state index is 13.1. The molecule has 0 aliphatic carbocycles. The molecule has 0 amide bonds. The van der Waals surface area contributed by atoms with Gasteiger partial charge in [-0.25, -0.2) is 8.42 Å². The third-order valence-electron chi connectivity index (χ3n) is 5.27. The molecule has 1 aromatic carbocycles. The van der Waals surface area contributed by atoms with Crippen molar-refractivity contribution in [1.82, 2.24) is 14.1 Å². The second-order valence-electron chi connectivity index (χ2n) is 8.14. The largest absolute Gasteiger partial charge is 0.309 e. The molecule has 0 N–H and O–H groups in total. The zero-order valence-corrected chi connectivity index (χ0v) is 18.0. The van der Waals surface area contributed by atoms with Gasteiger partial charge in [0.15, 0.2) is 0 Å². The van der Waals surface area contributed by atoms with Crippen LogP contribution in [0.1, 0.15) is 45.6 Å². The van der Waals surface area contributed by atoms with E-state index in [1.165, 1.54) is 0 Å². The number of nitrogens with zero attached hydrogens (tertiary/aromatic N) is 3. The summed E-state index contributed by atoms with van der Waals surface area (Å²) in [6.07, 6.45) is 1.10. The van der Waals surface area contributed by atoms with Gasteiger partial charge in [0.2, 0.25) is 10.0 Å². The van der Waals surface area contributed by atoms with E-state index in [-0.39, 0.29) is 12.1 Å². The van der Waals surface area contributed by atoms with E-state index < -0.39 is 10.0 Å². The van der Waals surface area contributed by atoms with E-state index in [1.807, 2.05) is 12.1 Å². The Morgan fingerprint density at radius 3 is 2.08 bits per heavy atom. The highest BCUT2D eigenvalue weighted by Crippen LogP contribution is 2.24. The highest BCUT2D eigenvalue weighted by Gasteiger charge is 2.35. The normalized spacial score (nSPS) is 23.1. The van der Waals surface area contributed by atoms with Gasteiger partial charge in [0.05, 0.1) is 4.90 Å². The van der Waals surface area contributed by atoms with Gasteiger partial charge in [-0.2, -0.15) is 4.31 Å². The fraction of sp³-hybridized carbons (Fsp3) is 0.700. The van der Waals surface area contributed by atoms with Crippen LogP contribution < -0.4 is 0 Å². The highest BCUT2D eigenvalue weighted by atomic mass is 32.2. The Morgan fingerprint density at radius 1 is 1.08 bits per heavy atom. The number of sulfonamides is 1. The maximum Gasteiger partial charge on any atom is 0.243 e. The topological polar surface area (TPSA) is 43.9 Å². The summed E-state index contributed by atoms with van der Waals surface area (Å²) in [6, 6.07) is 7.83. The van der Waals surface area contributed by atoms with Crippen LogP contribution in [0.3, 0.4) is 0 Å². The first-order valence-corrected chi connectivity index (χ1v) is 11.1. The summed E-state index contributed by atoms with van der Waals surface area (Å²) in [7, 11) is 0.741. The van der Waals surface area contributed by atoms with Crippen molar-refractivity contribution in [3.63, 3.8) is 0 Å². The quantitative estimate of drug-likeness (QED) is 0.728. The zero-order chi connectivity index (χ0) is 19.5. The first-order chi connectivity index (χ1) is 12.1. The molecule has 6 heteroatoms. The van der Waals surface area contributed by atoms with Crippen LogP contribution in [0, 0.1) is 0 Å². The molecule has 1 aliphatic rings. The Bertz CT molecular complexity index is 659. The van der Waals surface area contributed by atoms with Crippen LogP contribution in [-0.4, -0.2) is 74.9 Å². The van der Waals surface area contributed by atoms with E-state index in [0.717, 1.165) is 25.1 Å². The summed E-state index contributed by atoms with van der Waals surface area (Å²) in [4.78, 5) is 5.04. The molecule has 0 radical (unpaired) electrons. The third kappa shape index (κ3) is 5.06. The standard InChI is InChI=1S/C20H35N3O2S/c1-16(2)19-8-10-20(11-9-19)26(24,25)22-14-17(3)23(18(4)15-22)13-7-12-21(5)6/h8-11,16-18H,7,12-15H2,1-6H3. The predicted molar refractivity (Wildman–Crippen MR) is 108 cm³/mol. The molecule has 1 aromatic rings. The van der Waals surface area contributed by atoms with Crippen LogP contribution in [0.2, 0.25) is 0 Å². The number of piperazine rings is 1. The van der Waals surface area contributed by atoms with Crippen LogP contribution in [0.4, 0.5) is 0 Å². The molecular weight excluding hydrogens is 346 g/mol. The van der Waals surface area contributed by atoms with Crippen molar-refractivity contribution in [2.24, 2.45) is 0 Å². The van der Waals surface area contributed by atoms with E-state index in [1.54, 1.807) is 16.4 Å². The van der Waals surface area contributed by atoms with Gasteiger partial charge < -0.3 is 4.90 Å². The smallest absolute Gasteiger partial charge is 0.243 e. The molecule has 2 rings (SSSR count). The number of rotatable bonds is 7. The molecule has 148 valence electrons. The van der Waals surface area contributed by atoms with E-state index in [9.17, 15) is 8.42 Å². The van der Waals surface area contributed by atoms with Gasteiger partial charge in [-0.05, 0) is 64.5 Å². The van der Waals surface area contributed by atoms with Crippen molar-refractivity contribution in [1.29, 1.82) is 0 Å². The van der Waals surface area contributed by atoms with E-state index in [0.29, 0.717) is 23.9 Å². The predicted octanol–water partition coefficient (Wildman–Crippen LogP) is 2.85. The van der Waals surface area contributed by atoms with Crippen LogP contribution in [0.5, 0.6) is 0 Å². The van der Waals surface area contributed by atoms with Crippen molar-refractivity contribution in [3.05, 3.63) is 29.8 Å². The Hall–Kier alpha value is -0.950. The van der Waals surface area contributed by atoms with Gasteiger partial charge in [-0.15, -0.1) is 0 Å². The molecule has 1 saturated heterocycles. The van der Waals surface area contributed by atoms with E-state index >= 15 is 0 Å². The minimum Gasteiger partial charge on any atom is -0.309 e. The molecule has 5 nitrogen and oxygen atoms in total. The van der Waals surface area contributed by atoms with Gasteiger partial charge in [0.1, 0.15) is 0 Å². The number of hydrogen-bond donors (Lipinski definition) is 0. The van der Waals surface area contributed by atoms with Crippen LogP contribution >= 0.6 is 0 Å². The number of benzene rings is 1. The lowest BCUT2D eigenvalue weighted by molar-refractivity contribution is 0.0740. The number of hydrogen-bond acceptors (Lipinski definition) is 4. The summed E-state index contributed by atoms with van der Waals surface area (Å²) >= 11 is 0. The summed E-state index contributed by atoms with van der Waals surface area (Å²) in [5.41, 5.74) is 1.16. The van der Waals surface area contributed by atoms with Crippen LogP contribution in [0.15, 0.2) is 29.2 Å². The molecule has 0 bridgehead atoms. The van der Waals surface area contributed by atoms with Crippen molar-refractivity contribution in [2.75, 3.05) is 40.3 Å². The average molecular weight is 382 g/mol. The van der Waals surface area contributed by atoms with Gasteiger partial charge >= 0.3 is 0 Å². The Kier molecular flexibility index (Phi) is 7.25. The molecule has 1 heterocycles. The fourth-order valence-corrected chi connectivity index (χ4v) is 5.29. The molecule has 1 aliphatic heterocycles. The molecule has 26 heavy (non-hydrogen) atoms. The van der Waals surface area contributed by atoms with Gasteiger partial charge in [0.25, 0.3) is 0 Å². The third-order valence-corrected chi connectivity index (χ3v) is 7.12. The van der Waals surface area contributed by atoms with Crippen molar-refractivity contribution in [3.8, 4) is 0 Å². The summed E-state index contributed by atoms with van der Waals surface area (Å²) in [6.45, 7) is 11.7. The second kappa shape index (κ2) is 8.83. The first-order valence-electron chi connectivity index (χ1n) is 9.63. The molecule has 0 aromatic heterocycles. The molecule has 0 saturated carbocycles. The van der Waals surface area contributed by atoms with Gasteiger partial charge in [-0.3, -0.25) is 4.90 Å². The minimum absolute atomic E-state index is 0.227. The van der Waals surface area contributed by atoms with E-state index in [2.05, 4.69) is 51.6 Å². The Balaban J connectivity index is 2.07. The summed E-state index contributed by atoms with van der Waals surface area (Å²) in [5.74, 6) is 0.400. The highest BCUT2D eigenvalue weighted by molar-refractivity contribution is 7.89. The van der Waals surface area contributed by atoms with Gasteiger partial charge in [0, 0.05) is 31.7 Å². The average Bonchev–Trinajstić information content (AvgIpc) is 2.56. The van der Waals surface area contributed by atoms with Crippen LogP contribution in [0.25, 0.3) is 0 Å². The zero-order valence-electron chi connectivity index (χ0n) is 17.1. The first kappa shape index (κ1) is 21.4. The fourth-order valence-electron chi connectivity index (χ4n) is 3.69. The van der Waals surface area contributed by atoms with Gasteiger partial charge in [-0.1, -0.05) is 26.0 Å². The lowest BCUT2D eigenvalue weighted by atomic mass is 10.0. The van der Waals surface area contributed by atoms with Crippen molar-refractivity contribution >= 4 is 10.0 Å². The van der Waals surface area contributed by atoms with Crippen LogP contribution in [-0.2, 0) is 10.0 Å². The molecule has 2 unspecified atom stereocenters. The van der Waals surface area contributed by atoms with E-state index in [4.69, 9.17) is 0 Å². The molecule has 1 fully saturated rings. The summed E-state index contributed by atoms with van der Waals surface area (Å²) < 4.78 is 27.8. The molecule has 2 atom stereocenters. The summed E-state index contributed by atoms with van der Waals surface area (Å²) in [5, 5.41) is 0. The Morgan fingerprint density at radius 2 is 1.62 bits per heavy atom.